The first-order valence-corrected chi connectivity index (χ1v) is 10.8. The highest BCUT2D eigenvalue weighted by Gasteiger charge is 2.26. The van der Waals surface area contributed by atoms with E-state index >= 15 is 0 Å². The van der Waals surface area contributed by atoms with Crippen LogP contribution in [0.15, 0.2) is 51.8 Å². The van der Waals surface area contributed by atoms with Gasteiger partial charge < -0.3 is 19.1 Å². The summed E-state index contributed by atoms with van der Waals surface area (Å²) in [5.41, 5.74) is -0.0168. The van der Waals surface area contributed by atoms with Gasteiger partial charge in [0.1, 0.15) is 17.0 Å². The van der Waals surface area contributed by atoms with Crippen molar-refractivity contribution in [2.75, 3.05) is 49.1 Å². The number of benzene rings is 1. The number of piperazine rings is 1. The average Bonchev–Trinajstić information content (AvgIpc) is 2.84. The molecule has 2 fully saturated rings. The highest BCUT2D eigenvalue weighted by molar-refractivity contribution is 5.96. The van der Waals surface area contributed by atoms with E-state index in [4.69, 9.17) is 9.40 Å². The SMILES string of the molecule is O=C(c1cc2ccccc2oc1=O)N1CCN(c2ccnc(N3CCCCC3)n2)CC1. The van der Waals surface area contributed by atoms with Crippen LogP contribution < -0.4 is 15.4 Å². The van der Waals surface area contributed by atoms with Crippen molar-refractivity contribution < 1.29 is 9.21 Å². The number of piperidine rings is 1. The minimum absolute atomic E-state index is 0.0848. The fourth-order valence-electron chi connectivity index (χ4n) is 4.28. The minimum atomic E-state index is -0.590. The number of aromatic nitrogens is 2. The van der Waals surface area contributed by atoms with Gasteiger partial charge in [0.05, 0.1) is 0 Å². The molecule has 2 aliphatic rings. The molecule has 0 spiro atoms. The number of carbonyl (C=O) groups is 1. The Hall–Kier alpha value is -3.42. The maximum absolute atomic E-state index is 13.0. The topological polar surface area (TPSA) is 82.8 Å². The van der Waals surface area contributed by atoms with E-state index < -0.39 is 5.63 Å². The summed E-state index contributed by atoms with van der Waals surface area (Å²) in [4.78, 5) is 40.7. The van der Waals surface area contributed by atoms with Crippen LogP contribution in [0.1, 0.15) is 29.6 Å². The number of hydrogen-bond donors (Lipinski definition) is 0. The Labute approximate surface area is 180 Å². The molecule has 5 rings (SSSR count). The monoisotopic (exact) mass is 419 g/mol. The van der Waals surface area contributed by atoms with Gasteiger partial charge in [-0.3, -0.25) is 4.79 Å². The molecule has 4 heterocycles. The molecule has 2 aromatic heterocycles. The first-order valence-electron chi connectivity index (χ1n) is 10.8. The second kappa shape index (κ2) is 8.37. The average molecular weight is 419 g/mol. The third-order valence-electron chi connectivity index (χ3n) is 6.03. The number of hydrogen-bond acceptors (Lipinski definition) is 7. The molecule has 160 valence electrons. The molecular formula is C23H25N5O3. The maximum Gasteiger partial charge on any atom is 0.349 e. The Bertz CT molecular complexity index is 1150. The van der Waals surface area contributed by atoms with Crippen LogP contribution in [0.5, 0.6) is 0 Å². The highest BCUT2D eigenvalue weighted by Crippen LogP contribution is 2.20. The van der Waals surface area contributed by atoms with Gasteiger partial charge >= 0.3 is 5.63 Å². The largest absolute Gasteiger partial charge is 0.422 e. The summed E-state index contributed by atoms with van der Waals surface area (Å²) in [5.74, 6) is 1.38. The summed E-state index contributed by atoms with van der Waals surface area (Å²) in [6, 6.07) is 10.8. The molecular weight excluding hydrogens is 394 g/mol. The fraction of sp³-hybridized carbons (Fsp3) is 0.391. The Morgan fingerprint density at radius 2 is 1.68 bits per heavy atom. The van der Waals surface area contributed by atoms with Crippen molar-refractivity contribution in [2.24, 2.45) is 0 Å². The normalized spacial score (nSPS) is 17.2. The van der Waals surface area contributed by atoms with E-state index in [-0.39, 0.29) is 11.5 Å². The second-order valence-electron chi connectivity index (χ2n) is 8.03. The Balaban J connectivity index is 1.28. The van der Waals surface area contributed by atoms with Gasteiger partial charge in [-0.25, -0.2) is 9.78 Å². The molecule has 0 unspecified atom stereocenters. The quantitative estimate of drug-likeness (QED) is 0.603. The highest BCUT2D eigenvalue weighted by atomic mass is 16.4. The zero-order valence-electron chi connectivity index (χ0n) is 17.4. The molecule has 2 aliphatic heterocycles. The molecule has 31 heavy (non-hydrogen) atoms. The Morgan fingerprint density at radius 3 is 2.48 bits per heavy atom. The van der Waals surface area contributed by atoms with E-state index in [1.807, 2.05) is 24.4 Å². The third kappa shape index (κ3) is 3.97. The molecule has 0 radical (unpaired) electrons. The summed E-state index contributed by atoms with van der Waals surface area (Å²) in [7, 11) is 0. The summed E-state index contributed by atoms with van der Waals surface area (Å²) in [6.45, 7) is 4.35. The van der Waals surface area contributed by atoms with E-state index in [2.05, 4.69) is 14.8 Å². The van der Waals surface area contributed by atoms with Crippen LogP contribution in [0.4, 0.5) is 11.8 Å². The van der Waals surface area contributed by atoms with Crippen LogP contribution in [0.3, 0.4) is 0 Å². The van der Waals surface area contributed by atoms with Gasteiger partial charge in [0, 0.05) is 50.9 Å². The van der Waals surface area contributed by atoms with Crippen LogP contribution in [-0.4, -0.2) is 60.0 Å². The lowest BCUT2D eigenvalue weighted by atomic mass is 10.1. The molecule has 0 N–H and O–H groups in total. The number of carbonyl (C=O) groups excluding carboxylic acids is 1. The Kier molecular flexibility index (Phi) is 5.28. The van der Waals surface area contributed by atoms with Crippen LogP contribution in [0.25, 0.3) is 11.0 Å². The van der Waals surface area contributed by atoms with E-state index in [0.29, 0.717) is 31.8 Å². The predicted octanol–water partition coefficient (Wildman–Crippen LogP) is 2.54. The number of rotatable bonds is 3. The molecule has 0 saturated carbocycles. The van der Waals surface area contributed by atoms with Crippen molar-refractivity contribution in [3.05, 3.63) is 58.6 Å². The number of anilines is 2. The molecule has 2 saturated heterocycles. The minimum Gasteiger partial charge on any atom is -0.422 e. The van der Waals surface area contributed by atoms with E-state index in [1.165, 1.54) is 19.3 Å². The van der Waals surface area contributed by atoms with Gasteiger partial charge in [-0.2, -0.15) is 4.98 Å². The lowest BCUT2D eigenvalue weighted by Gasteiger charge is -2.35. The van der Waals surface area contributed by atoms with Crippen molar-refractivity contribution in [3.63, 3.8) is 0 Å². The lowest BCUT2D eigenvalue weighted by Crippen LogP contribution is -2.49. The summed E-state index contributed by atoms with van der Waals surface area (Å²) in [6.07, 6.45) is 5.43. The van der Waals surface area contributed by atoms with Gasteiger partial charge in [-0.05, 0) is 37.5 Å². The van der Waals surface area contributed by atoms with E-state index in [1.54, 1.807) is 23.1 Å². The molecule has 1 amide bonds. The molecule has 0 aliphatic carbocycles. The molecule has 3 aromatic rings. The maximum atomic E-state index is 13.0. The van der Waals surface area contributed by atoms with Crippen molar-refractivity contribution in [1.82, 2.24) is 14.9 Å². The van der Waals surface area contributed by atoms with Gasteiger partial charge in [0.25, 0.3) is 5.91 Å². The molecule has 8 nitrogen and oxygen atoms in total. The third-order valence-corrected chi connectivity index (χ3v) is 6.03. The van der Waals surface area contributed by atoms with Gasteiger partial charge in [-0.15, -0.1) is 0 Å². The molecule has 1 aromatic carbocycles. The molecule has 0 atom stereocenters. The van der Waals surface area contributed by atoms with Crippen LogP contribution in [0, 0.1) is 0 Å². The molecule has 0 bridgehead atoms. The number of amides is 1. The second-order valence-corrected chi connectivity index (χ2v) is 8.03. The fourth-order valence-corrected chi connectivity index (χ4v) is 4.28. The van der Waals surface area contributed by atoms with Crippen LogP contribution >= 0.6 is 0 Å². The van der Waals surface area contributed by atoms with E-state index in [9.17, 15) is 9.59 Å². The van der Waals surface area contributed by atoms with Crippen LogP contribution in [0.2, 0.25) is 0 Å². The zero-order valence-corrected chi connectivity index (χ0v) is 17.4. The Morgan fingerprint density at radius 1 is 0.903 bits per heavy atom. The number of para-hydroxylation sites is 1. The van der Waals surface area contributed by atoms with Crippen molar-refractivity contribution in [2.45, 2.75) is 19.3 Å². The van der Waals surface area contributed by atoms with Crippen molar-refractivity contribution in [1.29, 1.82) is 0 Å². The number of fused-ring (bicyclic) bond motifs is 1. The van der Waals surface area contributed by atoms with Crippen molar-refractivity contribution >= 4 is 28.6 Å². The van der Waals surface area contributed by atoms with Crippen LogP contribution in [-0.2, 0) is 0 Å². The zero-order chi connectivity index (χ0) is 21.2. The van der Waals surface area contributed by atoms with E-state index in [0.717, 1.165) is 30.2 Å². The molecule has 8 heteroatoms. The van der Waals surface area contributed by atoms with Gasteiger partial charge in [0.15, 0.2) is 0 Å². The standard InChI is InChI=1S/C23H25N5O3/c29-21(18-16-17-6-2-3-7-19(17)31-22(18)30)27-14-12-26(13-15-27)20-8-9-24-23(25-20)28-10-4-1-5-11-28/h2-3,6-9,16H,1,4-5,10-15H2. The van der Waals surface area contributed by atoms with Crippen molar-refractivity contribution in [3.8, 4) is 0 Å². The summed E-state index contributed by atoms with van der Waals surface area (Å²) >= 11 is 0. The van der Waals surface area contributed by atoms with Gasteiger partial charge in [-0.1, -0.05) is 18.2 Å². The summed E-state index contributed by atoms with van der Waals surface area (Å²) in [5, 5.41) is 0.746. The summed E-state index contributed by atoms with van der Waals surface area (Å²) < 4.78 is 5.33. The predicted molar refractivity (Wildman–Crippen MR) is 119 cm³/mol. The van der Waals surface area contributed by atoms with Gasteiger partial charge in [0.2, 0.25) is 5.95 Å². The number of nitrogens with zero attached hydrogens (tertiary/aromatic N) is 5. The first-order chi connectivity index (χ1) is 15.2. The first kappa shape index (κ1) is 19.5. The smallest absolute Gasteiger partial charge is 0.349 e. The lowest BCUT2D eigenvalue weighted by molar-refractivity contribution is 0.0742.